The van der Waals surface area contributed by atoms with Gasteiger partial charge in [0.15, 0.2) is 0 Å². The summed E-state index contributed by atoms with van der Waals surface area (Å²) in [5, 5.41) is 10.3. The lowest BCUT2D eigenvalue weighted by Gasteiger charge is -2.27. The van der Waals surface area contributed by atoms with Crippen LogP contribution in [0.4, 0.5) is 11.4 Å². The van der Waals surface area contributed by atoms with Crippen molar-refractivity contribution in [3.8, 4) is 5.75 Å². The van der Waals surface area contributed by atoms with Crippen molar-refractivity contribution in [2.75, 3.05) is 11.4 Å². The first-order valence-corrected chi connectivity index (χ1v) is 7.39. The van der Waals surface area contributed by atoms with Crippen molar-refractivity contribution in [2.45, 2.75) is 13.8 Å². The van der Waals surface area contributed by atoms with Gasteiger partial charge in [-0.1, -0.05) is 29.9 Å². The first-order chi connectivity index (χ1) is 9.93. The Labute approximate surface area is 135 Å². The smallest absolute Gasteiger partial charge is 0.117 e. The predicted molar refractivity (Wildman–Crippen MR) is 92.9 cm³/mol. The lowest BCUT2D eigenvalue weighted by molar-refractivity contribution is 0.475. The Bertz CT molecular complexity index is 688. The van der Waals surface area contributed by atoms with Crippen LogP contribution in [0, 0.1) is 6.92 Å². The molecule has 0 heterocycles. The van der Waals surface area contributed by atoms with E-state index in [0.29, 0.717) is 16.6 Å². The maximum Gasteiger partial charge on any atom is 0.117 e. The maximum absolute atomic E-state index is 9.75. The molecule has 2 aromatic carbocycles. The third-order valence-corrected chi connectivity index (χ3v) is 3.77. The van der Waals surface area contributed by atoms with E-state index in [0.717, 1.165) is 22.5 Å². The summed E-state index contributed by atoms with van der Waals surface area (Å²) in [4.78, 5) is 2.35. The van der Waals surface area contributed by atoms with Gasteiger partial charge < -0.3 is 15.7 Å². The minimum absolute atomic E-state index is 0.222. The molecule has 0 saturated carbocycles. The first kappa shape index (κ1) is 15.6. The second-order valence-electron chi connectivity index (χ2n) is 4.74. The first-order valence-electron chi connectivity index (χ1n) is 6.60. The highest BCUT2D eigenvalue weighted by Crippen LogP contribution is 2.34. The quantitative estimate of drug-likeness (QED) is 0.831. The van der Waals surface area contributed by atoms with Crippen LogP contribution in [-0.2, 0) is 0 Å². The number of benzene rings is 2. The van der Waals surface area contributed by atoms with Crippen molar-refractivity contribution in [3.63, 3.8) is 0 Å². The van der Waals surface area contributed by atoms with Gasteiger partial charge in [0.25, 0.3) is 0 Å². The molecule has 5 heteroatoms. The number of phenolic OH excluding ortho intramolecular Hbond substituents is 1. The zero-order valence-electron chi connectivity index (χ0n) is 11.9. The van der Waals surface area contributed by atoms with Crippen molar-refractivity contribution in [1.82, 2.24) is 0 Å². The minimum Gasteiger partial charge on any atom is -0.508 e. The van der Waals surface area contributed by atoms with Crippen LogP contribution in [0.2, 0.25) is 5.02 Å². The molecule has 0 amide bonds. The standard InChI is InChI=1S/C16H17ClN2OS/c1-3-19(15-9-12(20)6-4-10(15)2)14-7-5-11(17)8-13(14)16(18)21/h4-9,20H,3H2,1-2H3,(H2,18,21). The molecule has 0 aliphatic carbocycles. The van der Waals surface area contributed by atoms with E-state index in [4.69, 9.17) is 29.6 Å². The Hall–Kier alpha value is -1.78. The number of nitrogens with two attached hydrogens (primary N) is 1. The maximum atomic E-state index is 9.75. The predicted octanol–water partition coefficient (Wildman–Crippen LogP) is 4.15. The van der Waals surface area contributed by atoms with Crippen LogP contribution >= 0.6 is 23.8 Å². The number of hydrogen-bond acceptors (Lipinski definition) is 3. The van der Waals surface area contributed by atoms with E-state index in [2.05, 4.69) is 4.90 Å². The fourth-order valence-corrected chi connectivity index (χ4v) is 2.64. The van der Waals surface area contributed by atoms with Crippen molar-refractivity contribution >= 4 is 40.2 Å². The van der Waals surface area contributed by atoms with Crippen LogP contribution in [-0.4, -0.2) is 16.6 Å². The molecule has 0 saturated heterocycles. The highest BCUT2D eigenvalue weighted by molar-refractivity contribution is 7.80. The van der Waals surface area contributed by atoms with E-state index < -0.39 is 0 Å². The second kappa shape index (κ2) is 6.33. The van der Waals surface area contributed by atoms with Gasteiger partial charge in [-0.25, -0.2) is 0 Å². The molecule has 21 heavy (non-hydrogen) atoms. The molecule has 0 spiro atoms. The van der Waals surface area contributed by atoms with Gasteiger partial charge in [-0.05, 0) is 43.7 Å². The zero-order chi connectivity index (χ0) is 15.6. The largest absolute Gasteiger partial charge is 0.508 e. The fourth-order valence-electron chi connectivity index (χ4n) is 2.30. The lowest BCUT2D eigenvalue weighted by Crippen LogP contribution is -2.22. The number of aromatic hydroxyl groups is 1. The summed E-state index contributed by atoms with van der Waals surface area (Å²) >= 11 is 11.2. The highest BCUT2D eigenvalue weighted by atomic mass is 35.5. The molecule has 3 nitrogen and oxygen atoms in total. The number of hydrogen-bond donors (Lipinski definition) is 2. The van der Waals surface area contributed by atoms with Crippen molar-refractivity contribution < 1.29 is 5.11 Å². The molecule has 0 radical (unpaired) electrons. The van der Waals surface area contributed by atoms with E-state index in [1.165, 1.54) is 0 Å². The average molecular weight is 321 g/mol. The average Bonchev–Trinajstić information content (AvgIpc) is 2.44. The summed E-state index contributed by atoms with van der Waals surface area (Å²) in [6.07, 6.45) is 0. The van der Waals surface area contributed by atoms with Gasteiger partial charge >= 0.3 is 0 Å². The molecule has 3 N–H and O–H groups in total. The van der Waals surface area contributed by atoms with E-state index in [-0.39, 0.29) is 5.75 Å². The summed E-state index contributed by atoms with van der Waals surface area (Å²) in [5.74, 6) is 0.222. The zero-order valence-corrected chi connectivity index (χ0v) is 13.5. The van der Waals surface area contributed by atoms with Gasteiger partial charge in [-0.3, -0.25) is 0 Å². The van der Waals surface area contributed by atoms with Crippen LogP contribution in [0.1, 0.15) is 18.1 Å². The molecule has 0 aromatic heterocycles. The summed E-state index contributed by atoms with van der Waals surface area (Å²) in [6.45, 7) is 4.73. The van der Waals surface area contributed by atoms with Gasteiger partial charge in [0, 0.05) is 28.9 Å². The van der Waals surface area contributed by atoms with Gasteiger partial charge in [-0.15, -0.1) is 0 Å². The highest BCUT2D eigenvalue weighted by Gasteiger charge is 2.16. The number of phenols is 1. The van der Waals surface area contributed by atoms with Gasteiger partial charge in [0.05, 0.1) is 5.69 Å². The fraction of sp³-hybridized carbons (Fsp3) is 0.188. The van der Waals surface area contributed by atoms with Crippen LogP contribution < -0.4 is 10.6 Å². The van der Waals surface area contributed by atoms with Crippen molar-refractivity contribution in [3.05, 3.63) is 52.5 Å². The molecule has 2 aromatic rings. The number of aryl methyl sites for hydroxylation is 1. The van der Waals surface area contributed by atoms with E-state index in [1.54, 1.807) is 24.3 Å². The third-order valence-electron chi connectivity index (χ3n) is 3.31. The van der Waals surface area contributed by atoms with E-state index in [9.17, 15) is 5.11 Å². The van der Waals surface area contributed by atoms with Gasteiger partial charge in [0.2, 0.25) is 0 Å². The molecular formula is C16H17ClN2OS. The number of halogens is 1. The molecular weight excluding hydrogens is 304 g/mol. The summed E-state index contributed by atoms with van der Waals surface area (Å²) < 4.78 is 0. The molecule has 110 valence electrons. The summed E-state index contributed by atoms with van der Waals surface area (Å²) in [5.41, 5.74) is 9.39. The molecule has 0 unspecified atom stereocenters. The number of rotatable bonds is 4. The Morgan fingerprint density at radius 2 is 1.95 bits per heavy atom. The van der Waals surface area contributed by atoms with Crippen LogP contribution in [0.5, 0.6) is 5.75 Å². The van der Waals surface area contributed by atoms with Crippen molar-refractivity contribution in [2.24, 2.45) is 5.73 Å². The topological polar surface area (TPSA) is 49.5 Å². The van der Waals surface area contributed by atoms with E-state index in [1.807, 2.05) is 26.0 Å². The minimum atomic E-state index is 0.222. The molecule has 0 bridgehead atoms. The number of thiocarbonyl (C=S) groups is 1. The normalized spacial score (nSPS) is 10.4. The van der Waals surface area contributed by atoms with Gasteiger partial charge in [0.1, 0.15) is 10.7 Å². The number of nitrogens with zero attached hydrogens (tertiary/aromatic N) is 1. The SMILES string of the molecule is CCN(c1cc(O)ccc1C)c1ccc(Cl)cc1C(N)=S. The summed E-state index contributed by atoms with van der Waals surface area (Å²) in [6, 6.07) is 10.7. The lowest BCUT2D eigenvalue weighted by atomic mass is 10.1. The molecule has 2 rings (SSSR count). The Morgan fingerprint density at radius 3 is 2.57 bits per heavy atom. The third kappa shape index (κ3) is 3.28. The second-order valence-corrected chi connectivity index (χ2v) is 5.62. The molecule has 0 aliphatic heterocycles. The molecule has 0 fully saturated rings. The molecule has 0 atom stereocenters. The molecule has 0 aliphatic rings. The van der Waals surface area contributed by atoms with Crippen LogP contribution in [0.3, 0.4) is 0 Å². The number of anilines is 2. The summed E-state index contributed by atoms with van der Waals surface area (Å²) in [7, 11) is 0. The monoisotopic (exact) mass is 320 g/mol. The van der Waals surface area contributed by atoms with Crippen molar-refractivity contribution in [1.29, 1.82) is 0 Å². The van der Waals surface area contributed by atoms with E-state index >= 15 is 0 Å². The Balaban J connectivity index is 2.61. The Kier molecular flexibility index (Phi) is 4.70. The van der Waals surface area contributed by atoms with Crippen LogP contribution in [0.15, 0.2) is 36.4 Å². The van der Waals surface area contributed by atoms with Gasteiger partial charge in [-0.2, -0.15) is 0 Å². The Morgan fingerprint density at radius 1 is 1.24 bits per heavy atom. The van der Waals surface area contributed by atoms with Crippen LogP contribution in [0.25, 0.3) is 0 Å².